The van der Waals surface area contributed by atoms with Crippen LogP contribution in [-0.2, 0) is 5.75 Å². The zero-order valence-corrected chi connectivity index (χ0v) is 21.5. The normalized spacial score (nSPS) is 11.1. The summed E-state index contributed by atoms with van der Waals surface area (Å²) in [5.41, 5.74) is 1.23. The van der Waals surface area contributed by atoms with Gasteiger partial charge in [0, 0.05) is 21.9 Å². The van der Waals surface area contributed by atoms with Crippen LogP contribution < -0.4 is 14.2 Å². The minimum atomic E-state index is -0.678. The van der Waals surface area contributed by atoms with Gasteiger partial charge in [0.05, 0.1) is 31.2 Å². The summed E-state index contributed by atoms with van der Waals surface area (Å²) in [6.45, 7) is 0. The molecule has 0 saturated carbocycles. The Labute approximate surface area is 214 Å². The van der Waals surface area contributed by atoms with E-state index >= 15 is 0 Å². The van der Waals surface area contributed by atoms with E-state index in [9.17, 15) is 20.0 Å². The van der Waals surface area contributed by atoms with Crippen LogP contribution in [0, 0.1) is 10.1 Å². The summed E-state index contributed by atoms with van der Waals surface area (Å²) in [5.74, 6) is 0.707. The minimum absolute atomic E-state index is 0.294. The predicted molar refractivity (Wildman–Crippen MR) is 139 cm³/mol. The van der Waals surface area contributed by atoms with Gasteiger partial charge >= 0.3 is 5.69 Å². The summed E-state index contributed by atoms with van der Waals surface area (Å²) in [7, 11) is 4.39. The molecule has 0 aliphatic rings. The Morgan fingerprint density at radius 1 is 1.03 bits per heavy atom. The summed E-state index contributed by atoms with van der Waals surface area (Å²) in [5, 5.41) is 21.1. The summed E-state index contributed by atoms with van der Waals surface area (Å²) in [6.07, 6.45) is 1.56. The first-order chi connectivity index (χ1) is 16.8. The second-order valence-corrected chi connectivity index (χ2v) is 9.10. The molecule has 0 spiro atoms. The molecule has 0 heterocycles. The Bertz CT molecular complexity index is 1250. The molecule has 0 aliphatic carbocycles. The van der Waals surface area contributed by atoms with Crippen molar-refractivity contribution >= 4 is 45.2 Å². The number of aromatic hydroxyl groups is 1. The van der Waals surface area contributed by atoms with E-state index in [4.69, 9.17) is 14.2 Å². The van der Waals surface area contributed by atoms with E-state index in [2.05, 4.69) is 15.9 Å². The van der Waals surface area contributed by atoms with Gasteiger partial charge in [-0.05, 0) is 47.5 Å². The number of hydrogen-bond donors (Lipinski definition) is 1. The van der Waals surface area contributed by atoms with Gasteiger partial charge in [-0.2, -0.15) is 0 Å². The average molecular weight is 560 g/mol. The molecule has 3 rings (SSSR count). The number of phenolic OH excluding ortho intramolecular Hbond substituents is 1. The zero-order chi connectivity index (χ0) is 25.5. The highest BCUT2D eigenvalue weighted by atomic mass is 79.9. The number of carbonyl (C=O) groups excluding carboxylic acids is 1. The van der Waals surface area contributed by atoms with Crippen molar-refractivity contribution in [2.45, 2.75) is 5.75 Å². The van der Waals surface area contributed by atoms with E-state index in [1.165, 1.54) is 51.3 Å². The van der Waals surface area contributed by atoms with Gasteiger partial charge in [0.25, 0.3) is 0 Å². The number of nitrogens with zero attached hydrogens (tertiary/aromatic N) is 1. The topological polar surface area (TPSA) is 108 Å². The lowest BCUT2D eigenvalue weighted by Gasteiger charge is -2.14. The highest BCUT2D eigenvalue weighted by Crippen LogP contribution is 2.40. The second-order valence-electron chi connectivity index (χ2n) is 7.17. The van der Waals surface area contributed by atoms with Crippen molar-refractivity contribution in [3.05, 3.63) is 90.8 Å². The summed E-state index contributed by atoms with van der Waals surface area (Å²) in [4.78, 5) is 24.5. The molecule has 0 unspecified atom stereocenters. The molecule has 0 radical (unpaired) electrons. The van der Waals surface area contributed by atoms with Crippen molar-refractivity contribution in [3.8, 4) is 23.0 Å². The molecule has 0 bridgehead atoms. The molecule has 0 aromatic heterocycles. The average Bonchev–Trinajstić information content (AvgIpc) is 2.86. The number of phenols is 1. The number of allylic oxidation sites excluding steroid dienone is 1. The quantitative estimate of drug-likeness (QED) is 0.134. The van der Waals surface area contributed by atoms with Gasteiger partial charge in [-0.3, -0.25) is 14.9 Å². The number of thioether (sulfide) groups is 1. The lowest BCUT2D eigenvalue weighted by atomic mass is 10.1. The number of carbonyl (C=O) groups is 1. The number of Topliss-reactive ketones (excluding diaryl/α,β-unsaturated/α-hetero) is 1. The predicted octanol–water partition coefficient (Wildman–Crippen LogP) is 6.25. The van der Waals surface area contributed by atoms with Crippen LogP contribution in [0.5, 0.6) is 23.0 Å². The van der Waals surface area contributed by atoms with Crippen molar-refractivity contribution in [2.24, 2.45) is 0 Å². The number of halogens is 1. The Hall–Kier alpha value is -3.50. The molecule has 8 nitrogen and oxygen atoms in total. The molecule has 10 heteroatoms. The molecule has 1 N–H and O–H groups in total. The van der Waals surface area contributed by atoms with Gasteiger partial charge < -0.3 is 19.3 Å². The number of nitro benzene ring substituents is 1. The van der Waals surface area contributed by atoms with Crippen LogP contribution >= 0.6 is 27.7 Å². The number of benzene rings is 3. The highest BCUT2D eigenvalue weighted by molar-refractivity contribution is 9.10. The van der Waals surface area contributed by atoms with Gasteiger partial charge in [-0.1, -0.05) is 34.1 Å². The van der Waals surface area contributed by atoms with E-state index < -0.39 is 16.4 Å². The van der Waals surface area contributed by atoms with Gasteiger partial charge in [0.15, 0.2) is 23.0 Å². The molecule has 0 fully saturated rings. The summed E-state index contributed by atoms with van der Waals surface area (Å²) < 4.78 is 17.0. The molecule has 35 heavy (non-hydrogen) atoms. The smallest absolute Gasteiger partial charge is 0.311 e. The first-order valence-electron chi connectivity index (χ1n) is 10.2. The lowest BCUT2D eigenvalue weighted by molar-refractivity contribution is -0.385. The fourth-order valence-corrected chi connectivity index (χ4v) is 4.44. The largest absolute Gasteiger partial charge is 0.502 e. The number of hydrogen-bond acceptors (Lipinski definition) is 8. The Kier molecular flexibility index (Phi) is 8.78. The van der Waals surface area contributed by atoms with E-state index in [0.29, 0.717) is 39.0 Å². The van der Waals surface area contributed by atoms with Crippen LogP contribution in [-0.4, -0.2) is 37.1 Å². The number of methoxy groups -OCH3 is 3. The van der Waals surface area contributed by atoms with Crippen LogP contribution in [0.3, 0.4) is 0 Å². The molecule has 0 amide bonds. The first kappa shape index (κ1) is 26.1. The third kappa shape index (κ3) is 6.34. The number of nitro groups is 1. The molecular formula is C25H22BrNO7S. The fraction of sp³-hybridized carbons (Fsp3) is 0.160. The number of ether oxygens (including phenoxy) is 3. The molecule has 0 atom stereocenters. The van der Waals surface area contributed by atoms with Gasteiger partial charge in [-0.25, -0.2) is 0 Å². The van der Waals surface area contributed by atoms with Crippen LogP contribution in [0.1, 0.15) is 21.5 Å². The van der Waals surface area contributed by atoms with Gasteiger partial charge in [0.2, 0.25) is 5.75 Å². The van der Waals surface area contributed by atoms with Gasteiger partial charge in [-0.15, -0.1) is 11.8 Å². The van der Waals surface area contributed by atoms with Crippen LogP contribution in [0.2, 0.25) is 0 Å². The molecular weight excluding hydrogens is 538 g/mol. The summed E-state index contributed by atoms with van der Waals surface area (Å²) >= 11 is 4.69. The monoisotopic (exact) mass is 559 g/mol. The van der Waals surface area contributed by atoms with Gasteiger partial charge in [0.1, 0.15) is 0 Å². The van der Waals surface area contributed by atoms with Crippen LogP contribution in [0.15, 0.2) is 64.0 Å². The van der Waals surface area contributed by atoms with Crippen LogP contribution in [0.25, 0.3) is 6.08 Å². The lowest BCUT2D eigenvalue weighted by Crippen LogP contribution is -2.04. The molecule has 3 aromatic rings. The van der Waals surface area contributed by atoms with E-state index in [1.807, 2.05) is 24.3 Å². The SMILES string of the molecule is COc1cc(C(=O)/C(=C\c2ccc(O)c([N+](=O)[O-])c2)SCc2ccc(Br)cc2)cc(OC)c1OC. The van der Waals surface area contributed by atoms with Crippen LogP contribution in [0.4, 0.5) is 5.69 Å². The molecule has 182 valence electrons. The van der Waals surface area contributed by atoms with E-state index in [0.717, 1.165) is 10.0 Å². The van der Waals surface area contributed by atoms with Crippen molar-refractivity contribution in [3.63, 3.8) is 0 Å². The Balaban J connectivity index is 2.06. The summed E-state index contributed by atoms with van der Waals surface area (Å²) in [6, 6.07) is 14.7. The number of ketones is 1. The first-order valence-corrected chi connectivity index (χ1v) is 12.0. The Morgan fingerprint density at radius 3 is 2.20 bits per heavy atom. The zero-order valence-electron chi connectivity index (χ0n) is 19.1. The Morgan fingerprint density at radius 2 is 1.66 bits per heavy atom. The fourth-order valence-electron chi connectivity index (χ4n) is 3.20. The third-order valence-corrected chi connectivity index (χ3v) is 6.57. The van der Waals surface area contributed by atoms with Crippen molar-refractivity contribution < 1.29 is 29.0 Å². The van der Waals surface area contributed by atoms with Crippen molar-refractivity contribution in [1.82, 2.24) is 0 Å². The van der Waals surface area contributed by atoms with E-state index in [-0.39, 0.29) is 5.78 Å². The maximum absolute atomic E-state index is 13.6. The minimum Gasteiger partial charge on any atom is -0.502 e. The molecule has 0 aliphatic heterocycles. The van der Waals surface area contributed by atoms with Crippen molar-refractivity contribution in [1.29, 1.82) is 0 Å². The second kappa shape index (κ2) is 11.8. The molecule has 3 aromatic carbocycles. The molecule has 0 saturated heterocycles. The maximum Gasteiger partial charge on any atom is 0.311 e. The van der Waals surface area contributed by atoms with Crippen molar-refractivity contribution in [2.75, 3.05) is 21.3 Å². The third-order valence-electron chi connectivity index (χ3n) is 4.95. The number of rotatable bonds is 10. The van der Waals surface area contributed by atoms with E-state index in [1.54, 1.807) is 18.2 Å². The standard InChI is InChI=1S/C25H22BrNO7S/c1-32-21-12-17(13-22(33-2)25(21)34-3)24(29)23(35-14-15-4-7-18(26)8-5-15)11-16-6-9-20(28)19(10-16)27(30)31/h4-13,28H,14H2,1-3H3/b23-11+. The maximum atomic E-state index is 13.6. The highest BCUT2D eigenvalue weighted by Gasteiger charge is 2.21.